The summed E-state index contributed by atoms with van der Waals surface area (Å²) in [4.78, 5) is 37.6. The summed E-state index contributed by atoms with van der Waals surface area (Å²) in [5, 5.41) is 14.2. The smallest absolute Gasteiger partial charge is 0.329 e. The SMILES string of the molecule is CSCC[C@@H](NC(=O)c1cccc(C)c1)C(=O)O[C@H](C)C(=O)Nc1ccc(C#N)cc1. The number of anilines is 1. The van der Waals surface area contributed by atoms with Crippen LogP contribution in [0.3, 0.4) is 0 Å². The summed E-state index contributed by atoms with van der Waals surface area (Å²) in [6.45, 7) is 3.34. The molecule has 0 radical (unpaired) electrons. The lowest BCUT2D eigenvalue weighted by molar-refractivity contribution is -0.155. The van der Waals surface area contributed by atoms with Crippen LogP contribution in [0.2, 0.25) is 0 Å². The number of nitrogens with one attached hydrogen (secondary N) is 2. The molecule has 2 atom stereocenters. The van der Waals surface area contributed by atoms with Crippen LogP contribution in [0.15, 0.2) is 48.5 Å². The van der Waals surface area contributed by atoms with Gasteiger partial charge in [0.1, 0.15) is 6.04 Å². The molecular formula is C23H25N3O4S. The van der Waals surface area contributed by atoms with Gasteiger partial charge in [0.25, 0.3) is 11.8 Å². The zero-order chi connectivity index (χ0) is 22.8. The average Bonchev–Trinajstić information content (AvgIpc) is 2.76. The van der Waals surface area contributed by atoms with Crippen LogP contribution in [0, 0.1) is 18.3 Å². The minimum atomic E-state index is -1.06. The van der Waals surface area contributed by atoms with E-state index in [4.69, 9.17) is 10.00 Å². The molecule has 2 amide bonds. The van der Waals surface area contributed by atoms with Crippen molar-refractivity contribution in [3.05, 3.63) is 65.2 Å². The minimum Gasteiger partial charge on any atom is -0.451 e. The van der Waals surface area contributed by atoms with E-state index in [1.54, 1.807) is 54.2 Å². The number of ether oxygens (including phenoxy) is 1. The highest BCUT2D eigenvalue weighted by Crippen LogP contribution is 2.12. The number of thioether (sulfide) groups is 1. The molecule has 0 unspecified atom stereocenters. The zero-order valence-corrected chi connectivity index (χ0v) is 18.5. The maximum absolute atomic E-state index is 12.7. The molecule has 2 N–H and O–H groups in total. The molecule has 0 saturated heterocycles. The van der Waals surface area contributed by atoms with Gasteiger partial charge in [-0.15, -0.1) is 0 Å². The minimum absolute atomic E-state index is 0.374. The summed E-state index contributed by atoms with van der Waals surface area (Å²) in [5.74, 6) is -0.912. The third-order valence-corrected chi connectivity index (χ3v) is 5.07. The van der Waals surface area contributed by atoms with Crippen LogP contribution in [0.25, 0.3) is 0 Å². The third-order valence-electron chi connectivity index (χ3n) is 4.42. The molecule has 8 heteroatoms. The average molecular weight is 440 g/mol. The van der Waals surface area contributed by atoms with Gasteiger partial charge >= 0.3 is 5.97 Å². The highest BCUT2D eigenvalue weighted by atomic mass is 32.2. The predicted octanol–water partition coefficient (Wildman–Crippen LogP) is 3.29. The molecule has 162 valence electrons. The molecular weight excluding hydrogens is 414 g/mol. The number of amides is 2. The molecule has 31 heavy (non-hydrogen) atoms. The fourth-order valence-electron chi connectivity index (χ4n) is 2.69. The Hall–Kier alpha value is -3.31. The molecule has 2 rings (SSSR count). The number of aryl methyl sites for hydroxylation is 1. The number of carbonyl (C=O) groups excluding carboxylic acids is 3. The highest BCUT2D eigenvalue weighted by Gasteiger charge is 2.26. The van der Waals surface area contributed by atoms with E-state index in [9.17, 15) is 14.4 Å². The Bertz CT molecular complexity index is 970. The number of esters is 1. The second-order valence-corrected chi connectivity index (χ2v) is 7.92. The quantitative estimate of drug-likeness (QED) is 0.581. The lowest BCUT2D eigenvalue weighted by Crippen LogP contribution is -2.44. The van der Waals surface area contributed by atoms with Crippen LogP contribution in [-0.4, -0.2) is 41.9 Å². The number of benzene rings is 2. The van der Waals surface area contributed by atoms with Gasteiger partial charge in [-0.2, -0.15) is 17.0 Å². The zero-order valence-electron chi connectivity index (χ0n) is 17.7. The summed E-state index contributed by atoms with van der Waals surface area (Å²) >= 11 is 1.54. The van der Waals surface area contributed by atoms with Crippen LogP contribution < -0.4 is 10.6 Å². The maximum Gasteiger partial charge on any atom is 0.329 e. The monoisotopic (exact) mass is 439 g/mol. The molecule has 0 aliphatic carbocycles. The van der Waals surface area contributed by atoms with E-state index in [1.165, 1.54) is 6.92 Å². The normalized spacial score (nSPS) is 12.2. The Morgan fingerprint density at radius 2 is 1.87 bits per heavy atom. The second-order valence-electron chi connectivity index (χ2n) is 6.93. The molecule has 0 aliphatic rings. The Labute approximate surface area is 186 Å². The third kappa shape index (κ3) is 7.46. The first-order valence-electron chi connectivity index (χ1n) is 9.72. The number of hydrogen-bond acceptors (Lipinski definition) is 6. The first-order chi connectivity index (χ1) is 14.8. The molecule has 7 nitrogen and oxygen atoms in total. The van der Waals surface area contributed by atoms with Gasteiger partial charge in [0.05, 0.1) is 11.6 Å². The van der Waals surface area contributed by atoms with E-state index in [-0.39, 0.29) is 5.91 Å². The van der Waals surface area contributed by atoms with E-state index in [0.717, 1.165) is 5.56 Å². The van der Waals surface area contributed by atoms with Crippen LogP contribution in [0.4, 0.5) is 5.69 Å². The summed E-state index contributed by atoms with van der Waals surface area (Å²) < 4.78 is 5.32. The summed E-state index contributed by atoms with van der Waals surface area (Å²) in [6, 6.07) is 14.5. The summed E-state index contributed by atoms with van der Waals surface area (Å²) in [5.41, 5.74) is 2.34. The summed E-state index contributed by atoms with van der Waals surface area (Å²) in [6.07, 6.45) is 1.22. The van der Waals surface area contributed by atoms with Crippen LogP contribution in [-0.2, 0) is 14.3 Å². The van der Waals surface area contributed by atoms with Gasteiger partial charge < -0.3 is 15.4 Å². The van der Waals surface area contributed by atoms with Gasteiger partial charge in [0, 0.05) is 11.3 Å². The van der Waals surface area contributed by atoms with Crippen molar-refractivity contribution in [1.82, 2.24) is 5.32 Å². The standard InChI is InChI=1S/C23H25N3O4S/c1-15-5-4-6-18(13-15)22(28)26-20(11-12-31-3)23(29)30-16(2)21(27)25-19-9-7-17(14-24)8-10-19/h4-10,13,16,20H,11-12H2,1-3H3,(H,25,27)(H,26,28)/t16-,20-/m1/s1. The Kier molecular flexibility index (Phi) is 9.10. The molecule has 0 fully saturated rings. The number of carbonyl (C=O) groups is 3. The predicted molar refractivity (Wildman–Crippen MR) is 121 cm³/mol. The highest BCUT2D eigenvalue weighted by molar-refractivity contribution is 7.98. The fourth-order valence-corrected chi connectivity index (χ4v) is 3.17. The largest absolute Gasteiger partial charge is 0.451 e. The van der Waals surface area contributed by atoms with E-state index in [1.807, 2.05) is 25.3 Å². The van der Waals surface area contributed by atoms with E-state index in [2.05, 4.69) is 10.6 Å². The Morgan fingerprint density at radius 1 is 1.16 bits per heavy atom. The van der Waals surface area contributed by atoms with Crippen LogP contribution in [0.1, 0.15) is 34.8 Å². The number of hydrogen-bond donors (Lipinski definition) is 2. The van der Waals surface area contributed by atoms with Crippen molar-refractivity contribution in [3.8, 4) is 6.07 Å². The molecule has 0 saturated carbocycles. The molecule has 0 bridgehead atoms. The van der Waals surface area contributed by atoms with Crippen molar-refractivity contribution in [2.24, 2.45) is 0 Å². The van der Waals surface area contributed by atoms with Crippen molar-refractivity contribution in [3.63, 3.8) is 0 Å². The molecule has 0 aromatic heterocycles. The van der Waals surface area contributed by atoms with Gasteiger partial charge in [-0.25, -0.2) is 4.79 Å². The van der Waals surface area contributed by atoms with Crippen molar-refractivity contribution < 1.29 is 19.1 Å². The molecule has 0 aliphatic heterocycles. The second kappa shape index (κ2) is 11.8. The van der Waals surface area contributed by atoms with Gasteiger partial charge in [-0.05, 0) is 68.7 Å². The van der Waals surface area contributed by atoms with Gasteiger partial charge in [0.15, 0.2) is 6.10 Å². The number of rotatable bonds is 9. The van der Waals surface area contributed by atoms with Crippen molar-refractivity contribution in [2.75, 3.05) is 17.3 Å². The fraction of sp³-hybridized carbons (Fsp3) is 0.304. The van der Waals surface area contributed by atoms with Gasteiger partial charge in [-0.3, -0.25) is 9.59 Å². The molecule has 2 aromatic rings. The first-order valence-corrected chi connectivity index (χ1v) is 11.1. The lowest BCUT2D eigenvalue weighted by atomic mass is 10.1. The topological polar surface area (TPSA) is 108 Å². The van der Waals surface area contributed by atoms with Crippen LogP contribution >= 0.6 is 11.8 Å². The summed E-state index contributed by atoms with van der Waals surface area (Å²) in [7, 11) is 0. The van der Waals surface area contributed by atoms with Crippen molar-refractivity contribution >= 4 is 35.2 Å². The van der Waals surface area contributed by atoms with Crippen molar-refractivity contribution in [2.45, 2.75) is 32.4 Å². The van der Waals surface area contributed by atoms with Gasteiger partial charge in [-0.1, -0.05) is 17.7 Å². The van der Waals surface area contributed by atoms with Crippen LogP contribution in [0.5, 0.6) is 0 Å². The Morgan fingerprint density at radius 3 is 2.48 bits per heavy atom. The Balaban J connectivity index is 2.00. The maximum atomic E-state index is 12.7. The lowest BCUT2D eigenvalue weighted by Gasteiger charge is -2.20. The van der Waals surface area contributed by atoms with E-state index >= 15 is 0 Å². The first kappa shape index (κ1) is 24.0. The van der Waals surface area contributed by atoms with Gasteiger partial charge in [0.2, 0.25) is 0 Å². The molecule has 0 heterocycles. The molecule has 2 aromatic carbocycles. The number of nitriles is 1. The number of nitrogens with zero attached hydrogens (tertiary/aromatic N) is 1. The van der Waals surface area contributed by atoms with E-state index in [0.29, 0.717) is 29.0 Å². The van der Waals surface area contributed by atoms with E-state index < -0.39 is 24.0 Å². The van der Waals surface area contributed by atoms with Crippen molar-refractivity contribution in [1.29, 1.82) is 5.26 Å². The molecule has 0 spiro atoms.